The molecule has 21 heavy (non-hydrogen) atoms. The molecule has 0 spiro atoms. The Morgan fingerprint density at radius 3 is 2.57 bits per heavy atom. The van der Waals surface area contributed by atoms with Gasteiger partial charge in [0.1, 0.15) is 5.82 Å². The number of carbonyl (C=O) groups excluding carboxylic acids is 1. The van der Waals surface area contributed by atoms with Gasteiger partial charge in [-0.3, -0.25) is 4.79 Å². The first-order chi connectivity index (χ1) is 10.1. The molecule has 5 heteroatoms. The number of hydrogen-bond acceptors (Lipinski definition) is 2. The van der Waals surface area contributed by atoms with E-state index in [0.29, 0.717) is 11.3 Å². The molecule has 0 saturated heterocycles. The minimum atomic E-state index is -0.274. The molecule has 110 valence electrons. The zero-order valence-electron chi connectivity index (χ0n) is 11.6. The monoisotopic (exact) mass is 350 g/mol. The normalized spacial score (nSPS) is 12.0. The van der Waals surface area contributed by atoms with Gasteiger partial charge in [-0.25, -0.2) is 4.39 Å². The topological polar surface area (TPSA) is 41.1 Å². The summed E-state index contributed by atoms with van der Waals surface area (Å²) in [5.74, 6) is -0.450. The molecule has 0 aliphatic rings. The molecule has 0 bridgehead atoms. The molecule has 0 radical (unpaired) electrons. The van der Waals surface area contributed by atoms with Gasteiger partial charge in [0.15, 0.2) is 0 Å². The predicted octanol–water partition coefficient (Wildman–Crippen LogP) is 3.88. The summed E-state index contributed by atoms with van der Waals surface area (Å²) in [6, 6.07) is 13.7. The second-order valence-corrected chi connectivity index (χ2v) is 5.51. The van der Waals surface area contributed by atoms with Crippen molar-refractivity contribution in [1.82, 2.24) is 5.32 Å². The number of amides is 1. The fourth-order valence-corrected chi connectivity index (χ4v) is 2.32. The third-order valence-electron chi connectivity index (χ3n) is 3.09. The van der Waals surface area contributed by atoms with Crippen LogP contribution in [0.15, 0.2) is 53.0 Å². The maximum Gasteiger partial charge on any atom is 0.238 e. The van der Waals surface area contributed by atoms with Crippen LogP contribution in [-0.2, 0) is 4.79 Å². The molecule has 1 unspecified atom stereocenters. The summed E-state index contributed by atoms with van der Waals surface area (Å²) in [6.45, 7) is 1.93. The lowest BCUT2D eigenvalue weighted by molar-refractivity contribution is -0.115. The van der Waals surface area contributed by atoms with Crippen LogP contribution < -0.4 is 10.6 Å². The van der Waals surface area contributed by atoms with Crippen LogP contribution in [0.3, 0.4) is 0 Å². The van der Waals surface area contributed by atoms with E-state index < -0.39 is 0 Å². The molecule has 0 heterocycles. The van der Waals surface area contributed by atoms with Crippen molar-refractivity contribution in [3.05, 3.63) is 64.4 Å². The van der Waals surface area contributed by atoms with Crippen molar-refractivity contribution in [1.29, 1.82) is 0 Å². The standard InChI is InChI=1S/C16H16BrFN2O/c1-11(12-6-2-4-8-14(12)18)19-10-16(21)20-15-9-5-3-7-13(15)17/h2-9,11,19H,10H2,1H3,(H,20,21). The smallest absolute Gasteiger partial charge is 0.238 e. The van der Waals surface area contributed by atoms with Crippen molar-refractivity contribution in [2.24, 2.45) is 0 Å². The van der Waals surface area contributed by atoms with Crippen LogP contribution in [0.25, 0.3) is 0 Å². The summed E-state index contributed by atoms with van der Waals surface area (Å²) in [6.07, 6.45) is 0. The fraction of sp³-hybridized carbons (Fsp3) is 0.188. The van der Waals surface area contributed by atoms with Gasteiger partial charge in [0.05, 0.1) is 12.2 Å². The Hall–Kier alpha value is -1.72. The van der Waals surface area contributed by atoms with Crippen molar-refractivity contribution in [2.75, 3.05) is 11.9 Å². The van der Waals surface area contributed by atoms with E-state index in [2.05, 4.69) is 26.6 Å². The van der Waals surface area contributed by atoms with E-state index >= 15 is 0 Å². The summed E-state index contributed by atoms with van der Waals surface area (Å²) < 4.78 is 14.4. The van der Waals surface area contributed by atoms with Crippen LogP contribution in [0.4, 0.5) is 10.1 Å². The van der Waals surface area contributed by atoms with E-state index in [1.54, 1.807) is 18.2 Å². The molecule has 3 nitrogen and oxygen atoms in total. The molecular formula is C16H16BrFN2O. The van der Waals surface area contributed by atoms with Gasteiger partial charge in [0.2, 0.25) is 5.91 Å². The zero-order valence-corrected chi connectivity index (χ0v) is 13.2. The zero-order chi connectivity index (χ0) is 15.2. The molecule has 0 saturated carbocycles. The molecule has 0 aromatic heterocycles. The van der Waals surface area contributed by atoms with E-state index in [0.717, 1.165) is 4.47 Å². The summed E-state index contributed by atoms with van der Waals surface area (Å²) in [5.41, 5.74) is 1.26. The Morgan fingerprint density at radius 1 is 1.19 bits per heavy atom. The summed E-state index contributed by atoms with van der Waals surface area (Å²) in [5, 5.41) is 5.80. The lowest BCUT2D eigenvalue weighted by atomic mass is 10.1. The number of para-hydroxylation sites is 1. The molecule has 0 fully saturated rings. The van der Waals surface area contributed by atoms with E-state index in [1.165, 1.54) is 6.07 Å². The fourth-order valence-electron chi connectivity index (χ4n) is 1.94. The Morgan fingerprint density at radius 2 is 1.86 bits per heavy atom. The van der Waals surface area contributed by atoms with Gasteiger partial charge in [-0.15, -0.1) is 0 Å². The number of nitrogens with one attached hydrogen (secondary N) is 2. The number of anilines is 1. The first kappa shape index (κ1) is 15.7. The Kier molecular flexibility index (Phi) is 5.47. The third-order valence-corrected chi connectivity index (χ3v) is 3.78. The predicted molar refractivity (Wildman–Crippen MR) is 85.6 cm³/mol. The van der Waals surface area contributed by atoms with Crippen molar-refractivity contribution in [3.8, 4) is 0 Å². The van der Waals surface area contributed by atoms with Crippen molar-refractivity contribution in [3.63, 3.8) is 0 Å². The van der Waals surface area contributed by atoms with Crippen LogP contribution in [0.2, 0.25) is 0 Å². The Labute approximate surface area is 131 Å². The number of halogens is 2. The Balaban J connectivity index is 1.90. The number of hydrogen-bond donors (Lipinski definition) is 2. The second-order valence-electron chi connectivity index (χ2n) is 4.65. The molecule has 1 atom stereocenters. The largest absolute Gasteiger partial charge is 0.324 e. The SMILES string of the molecule is CC(NCC(=O)Nc1ccccc1Br)c1ccccc1F. The molecule has 2 aromatic carbocycles. The molecule has 0 aliphatic carbocycles. The van der Waals surface area contributed by atoms with E-state index in [1.807, 2.05) is 31.2 Å². The van der Waals surface area contributed by atoms with Crippen molar-refractivity contribution < 1.29 is 9.18 Å². The first-order valence-electron chi connectivity index (χ1n) is 6.60. The van der Waals surface area contributed by atoms with Gasteiger partial charge >= 0.3 is 0 Å². The van der Waals surface area contributed by atoms with Crippen LogP contribution in [0, 0.1) is 5.82 Å². The van der Waals surface area contributed by atoms with Gasteiger partial charge in [-0.05, 0) is 41.1 Å². The maximum atomic E-state index is 13.6. The lowest BCUT2D eigenvalue weighted by Gasteiger charge is -2.15. The van der Waals surface area contributed by atoms with E-state index in [-0.39, 0.29) is 24.3 Å². The highest BCUT2D eigenvalue weighted by atomic mass is 79.9. The molecular weight excluding hydrogens is 335 g/mol. The molecule has 1 amide bonds. The highest BCUT2D eigenvalue weighted by Gasteiger charge is 2.11. The maximum absolute atomic E-state index is 13.6. The molecule has 2 N–H and O–H groups in total. The second kappa shape index (κ2) is 7.33. The number of benzene rings is 2. The van der Waals surface area contributed by atoms with Crippen LogP contribution in [0.5, 0.6) is 0 Å². The van der Waals surface area contributed by atoms with Gasteiger partial charge in [-0.1, -0.05) is 30.3 Å². The summed E-state index contributed by atoms with van der Waals surface area (Å²) in [7, 11) is 0. The Bertz CT molecular complexity index is 633. The molecule has 2 rings (SSSR count). The van der Waals surface area contributed by atoms with Crippen LogP contribution in [0.1, 0.15) is 18.5 Å². The van der Waals surface area contributed by atoms with Crippen LogP contribution >= 0.6 is 15.9 Å². The van der Waals surface area contributed by atoms with Gasteiger partial charge < -0.3 is 10.6 Å². The van der Waals surface area contributed by atoms with E-state index in [4.69, 9.17) is 0 Å². The van der Waals surface area contributed by atoms with Gasteiger partial charge in [-0.2, -0.15) is 0 Å². The minimum absolute atomic E-state index is 0.108. The van der Waals surface area contributed by atoms with Gasteiger partial charge in [0, 0.05) is 16.1 Å². The number of carbonyl (C=O) groups is 1. The summed E-state index contributed by atoms with van der Waals surface area (Å²) >= 11 is 3.37. The van der Waals surface area contributed by atoms with Crippen molar-refractivity contribution in [2.45, 2.75) is 13.0 Å². The van der Waals surface area contributed by atoms with Crippen LogP contribution in [-0.4, -0.2) is 12.5 Å². The highest BCUT2D eigenvalue weighted by Crippen LogP contribution is 2.21. The number of rotatable bonds is 5. The summed E-state index contributed by atoms with van der Waals surface area (Å²) in [4.78, 5) is 11.9. The lowest BCUT2D eigenvalue weighted by Crippen LogP contribution is -2.30. The first-order valence-corrected chi connectivity index (χ1v) is 7.39. The third kappa shape index (κ3) is 4.37. The quantitative estimate of drug-likeness (QED) is 0.859. The molecule has 0 aliphatic heterocycles. The average Bonchev–Trinajstić information content (AvgIpc) is 2.48. The van der Waals surface area contributed by atoms with E-state index in [9.17, 15) is 9.18 Å². The van der Waals surface area contributed by atoms with Gasteiger partial charge in [0.25, 0.3) is 0 Å². The average molecular weight is 351 g/mol. The molecule has 2 aromatic rings. The highest BCUT2D eigenvalue weighted by molar-refractivity contribution is 9.10. The minimum Gasteiger partial charge on any atom is -0.324 e. The van der Waals surface area contributed by atoms with Crippen molar-refractivity contribution >= 4 is 27.5 Å².